The van der Waals surface area contributed by atoms with E-state index in [-0.39, 0.29) is 5.41 Å². The SMILES string of the molecule is c1ccc(N(c2ccc3cc4c(cc3c2)C2(c3ccccc3-c3ccccc32)c2ccccc2-4)c2ccc3c(c2)sc2ccccc23)cc1. The molecule has 0 unspecified atom stereocenters. The predicted molar refractivity (Wildman–Crippen MR) is 208 cm³/mol. The highest BCUT2D eigenvalue weighted by molar-refractivity contribution is 7.25. The second-order valence-corrected chi connectivity index (χ2v) is 14.3. The molecule has 11 rings (SSSR count). The summed E-state index contributed by atoms with van der Waals surface area (Å²) in [6.45, 7) is 0. The minimum Gasteiger partial charge on any atom is -0.310 e. The van der Waals surface area contributed by atoms with E-state index in [1.807, 2.05) is 11.3 Å². The van der Waals surface area contributed by atoms with Gasteiger partial charge in [-0.25, -0.2) is 0 Å². The van der Waals surface area contributed by atoms with Crippen LogP contribution in [0, 0.1) is 0 Å². The summed E-state index contributed by atoms with van der Waals surface area (Å²) in [4.78, 5) is 2.40. The first-order chi connectivity index (χ1) is 24.3. The van der Waals surface area contributed by atoms with Crippen molar-refractivity contribution in [1.29, 1.82) is 0 Å². The summed E-state index contributed by atoms with van der Waals surface area (Å²) in [5.41, 5.74) is 13.9. The molecule has 0 fully saturated rings. The number of rotatable bonds is 3. The summed E-state index contributed by atoms with van der Waals surface area (Å²) in [5, 5.41) is 5.13. The standard InChI is InChI=1S/C47H29NS/c1-2-12-32(13-3-1)48(34-24-25-39-38-17-7-11-21-45(38)49-46(39)29-34)33-23-22-30-27-40-37-16-6-10-20-43(37)47(44(40)28-31(30)26-33)41-18-8-4-14-35(41)36-15-5-9-19-42(36)47/h1-29H. The number of benzene rings is 8. The lowest BCUT2D eigenvalue weighted by Crippen LogP contribution is -2.25. The van der Waals surface area contributed by atoms with E-state index in [0.29, 0.717) is 0 Å². The van der Waals surface area contributed by atoms with Crippen molar-refractivity contribution in [1.82, 2.24) is 0 Å². The Bertz CT molecular complexity index is 2740. The molecule has 228 valence electrons. The van der Waals surface area contributed by atoms with Crippen molar-refractivity contribution >= 4 is 59.3 Å². The quantitative estimate of drug-likeness (QED) is 0.186. The van der Waals surface area contributed by atoms with Gasteiger partial charge in [0.15, 0.2) is 0 Å². The number of para-hydroxylation sites is 1. The molecule has 1 nitrogen and oxygen atoms in total. The van der Waals surface area contributed by atoms with Gasteiger partial charge >= 0.3 is 0 Å². The Morgan fingerprint density at radius 1 is 0.347 bits per heavy atom. The molecular formula is C47H29NS. The molecule has 0 aliphatic heterocycles. The van der Waals surface area contributed by atoms with Gasteiger partial charge in [-0.2, -0.15) is 0 Å². The van der Waals surface area contributed by atoms with Gasteiger partial charge < -0.3 is 4.90 Å². The van der Waals surface area contributed by atoms with Crippen molar-refractivity contribution in [3.05, 3.63) is 198 Å². The Balaban J connectivity index is 1.15. The van der Waals surface area contributed by atoms with Gasteiger partial charge in [0, 0.05) is 37.2 Å². The Kier molecular flexibility index (Phi) is 5.53. The molecule has 0 saturated heterocycles. The maximum absolute atomic E-state index is 2.49. The fourth-order valence-corrected chi connectivity index (χ4v) is 9.98. The third-order valence-electron chi connectivity index (χ3n) is 10.8. The van der Waals surface area contributed by atoms with Gasteiger partial charge in [-0.1, -0.05) is 121 Å². The van der Waals surface area contributed by atoms with E-state index in [2.05, 4.69) is 181 Å². The second-order valence-electron chi connectivity index (χ2n) is 13.3. The summed E-state index contributed by atoms with van der Waals surface area (Å²) in [6.07, 6.45) is 0. The summed E-state index contributed by atoms with van der Waals surface area (Å²) < 4.78 is 2.63. The molecule has 0 bridgehead atoms. The van der Waals surface area contributed by atoms with Crippen molar-refractivity contribution in [2.24, 2.45) is 0 Å². The Labute approximate surface area is 289 Å². The first kappa shape index (κ1) is 27.0. The van der Waals surface area contributed by atoms with Crippen LogP contribution in [0.2, 0.25) is 0 Å². The third kappa shape index (κ3) is 3.64. The molecule has 0 radical (unpaired) electrons. The van der Waals surface area contributed by atoms with Gasteiger partial charge in [-0.3, -0.25) is 0 Å². The highest BCUT2D eigenvalue weighted by atomic mass is 32.1. The van der Waals surface area contributed by atoms with Crippen LogP contribution in [0.5, 0.6) is 0 Å². The molecule has 0 N–H and O–H groups in total. The molecule has 1 heterocycles. The van der Waals surface area contributed by atoms with Crippen LogP contribution in [-0.4, -0.2) is 0 Å². The molecule has 49 heavy (non-hydrogen) atoms. The van der Waals surface area contributed by atoms with Crippen LogP contribution >= 0.6 is 11.3 Å². The molecule has 2 aliphatic rings. The van der Waals surface area contributed by atoms with Crippen molar-refractivity contribution in [3.8, 4) is 22.3 Å². The minimum atomic E-state index is -0.353. The number of anilines is 3. The molecular weight excluding hydrogens is 611 g/mol. The van der Waals surface area contributed by atoms with E-state index in [1.165, 1.54) is 75.5 Å². The summed E-state index contributed by atoms with van der Waals surface area (Å²) >= 11 is 1.87. The van der Waals surface area contributed by atoms with Gasteiger partial charge in [0.25, 0.3) is 0 Å². The molecule has 0 amide bonds. The number of hydrogen-bond acceptors (Lipinski definition) is 2. The molecule has 0 saturated carbocycles. The van der Waals surface area contributed by atoms with Crippen LogP contribution in [-0.2, 0) is 5.41 Å². The normalized spacial score (nSPS) is 13.5. The lowest BCUT2D eigenvalue weighted by atomic mass is 9.70. The highest BCUT2D eigenvalue weighted by Gasteiger charge is 2.51. The van der Waals surface area contributed by atoms with Gasteiger partial charge in [0.2, 0.25) is 0 Å². The smallest absolute Gasteiger partial charge is 0.0725 e. The Morgan fingerprint density at radius 3 is 1.65 bits per heavy atom. The van der Waals surface area contributed by atoms with E-state index < -0.39 is 0 Å². The number of fused-ring (bicyclic) bond motifs is 14. The van der Waals surface area contributed by atoms with E-state index in [1.54, 1.807) is 0 Å². The zero-order valence-electron chi connectivity index (χ0n) is 26.6. The second kappa shape index (κ2) is 10.0. The third-order valence-corrected chi connectivity index (χ3v) is 12.0. The number of thiophene rings is 1. The lowest BCUT2D eigenvalue weighted by Gasteiger charge is -2.30. The van der Waals surface area contributed by atoms with Gasteiger partial charge in [-0.15, -0.1) is 11.3 Å². The largest absolute Gasteiger partial charge is 0.310 e. The molecule has 0 atom stereocenters. The summed E-state index contributed by atoms with van der Waals surface area (Å²) in [7, 11) is 0. The topological polar surface area (TPSA) is 3.24 Å². The molecule has 8 aromatic carbocycles. The van der Waals surface area contributed by atoms with E-state index in [9.17, 15) is 0 Å². The average molecular weight is 640 g/mol. The van der Waals surface area contributed by atoms with Crippen molar-refractivity contribution < 1.29 is 0 Å². The van der Waals surface area contributed by atoms with Crippen molar-refractivity contribution in [2.75, 3.05) is 4.90 Å². The van der Waals surface area contributed by atoms with Crippen LogP contribution in [0.3, 0.4) is 0 Å². The highest BCUT2D eigenvalue weighted by Crippen LogP contribution is 2.63. The van der Waals surface area contributed by atoms with Crippen LogP contribution in [0.1, 0.15) is 22.3 Å². The number of hydrogen-bond donors (Lipinski definition) is 0. The molecule has 1 aromatic heterocycles. The zero-order chi connectivity index (χ0) is 32.1. The van der Waals surface area contributed by atoms with Crippen LogP contribution in [0.4, 0.5) is 17.1 Å². The van der Waals surface area contributed by atoms with Gasteiger partial charge in [0.05, 0.1) is 5.41 Å². The summed E-state index contributed by atoms with van der Waals surface area (Å²) in [5.74, 6) is 0. The van der Waals surface area contributed by atoms with E-state index >= 15 is 0 Å². The maximum atomic E-state index is 2.49. The van der Waals surface area contributed by atoms with Crippen LogP contribution < -0.4 is 4.90 Å². The van der Waals surface area contributed by atoms with Crippen LogP contribution in [0.25, 0.3) is 53.2 Å². The zero-order valence-corrected chi connectivity index (χ0v) is 27.4. The molecule has 2 aliphatic carbocycles. The number of nitrogens with zero attached hydrogens (tertiary/aromatic N) is 1. The predicted octanol–water partition coefficient (Wildman–Crippen LogP) is 13.0. The van der Waals surface area contributed by atoms with Crippen molar-refractivity contribution in [3.63, 3.8) is 0 Å². The van der Waals surface area contributed by atoms with Crippen LogP contribution in [0.15, 0.2) is 176 Å². The monoisotopic (exact) mass is 639 g/mol. The lowest BCUT2D eigenvalue weighted by molar-refractivity contribution is 0.795. The van der Waals surface area contributed by atoms with Crippen molar-refractivity contribution in [2.45, 2.75) is 5.41 Å². The van der Waals surface area contributed by atoms with E-state index in [0.717, 1.165) is 17.1 Å². The molecule has 9 aromatic rings. The van der Waals surface area contributed by atoms with Gasteiger partial charge in [-0.05, 0) is 110 Å². The minimum absolute atomic E-state index is 0.353. The summed E-state index contributed by atoms with van der Waals surface area (Å²) in [6, 6.07) is 65.5. The first-order valence-corrected chi connectivity index (χ1v) is 17.7. The Hall–Kier alpha value is -5.96. The average Bonchev–Trinajstić information content (AvgIpc) is 3.78. The fourth-order valence-electron chi connectivity index (χ4n) is 8.84. The van der Waals surface area contributed by atoms with Gasteiger partial charge in [0.1, 0.15) is 0 Å². The first-order valence-electron chi connectivity index (χ1n) is 16.9. The maximum Gasteiger partial charge on any atom is 0.0725 e. The molecule has 1 spiro atoms. The molecule has 2 heteroatoms. The van der Waals surface area contributed by atoms with E-state index in [4.69, 9.17) is 0 Å². The Morgan fingerprint density at radius 2 is 0.918 bits per heavy atom. The fraction of sp³-hybridized carbons (Fsp3) is 0.0213.